The number of methoxy groups -OCH3 is 1. The van der Waals surface area contributed by atoms with Gasteiger partial charge in [0.1, 0.15) is 6.66 Å². The van der Waals surface area contributed by atoms with Crippen LogP contribution < -0.4 is 5.23 Å². The first-order valence-electron chi connectivity index (χ1n) is 3.50. The van der Waals surface area contributed by atoms with Gasteiger partial charge in [-0.05, 0) is 0 Å². The van der Waals surface area contributed by atoms with Crippen LogP contribution in [0.15, 0.2) is 0 Å². The molecule has 2 atom stereocenters. The predicted octanol–water partition coefficient (Wildman–Crippen LogP) is -0.410. The normalized spacial score (nSPS) is 18.5. The Balaban J connectivity index is 2.46. The Morgan fingerprint density at radius 1 is 1.83 bits per heavy atom. The van der Waals surface area contributed by atoms with Crippen LogP contribution >= 0.6 is 7.80 Å². The van der Waals surface area contributed by atoms with Gasteiger partial charge in [-0.15, -0.1) is 0 Å². The number of carbonyl (C=O) groups excluding carboxylic acids is 1. The summed E-state index contributed by atoms with van der Waals surface area (Å²) in [5, 5.41) is 2.76. The molecule has 0 aromatic heterocycles. The highest BCUT2D eigenvalue weighted by Crippen LogP contribution is 2.23. The van der Waals surface area contributed by atoms with E-state index in [1.807, 2.05) is 0 Å². The molecule has 1 rings (SSSR count). The molecule has 0 aromatic rings. The van der Waals surface area contributed by atoms with Crippen LogP contribution in [0.5, 0.6) is 0 Å². The van der Waals surface area contributed by atoms with Gasteiger partial charge < -0.3 is 9.39 Å². The summed E-state index contributed by atoms with van der Waals surface area (Å²) < 4.78 is 20.3. The third-order valence-corrected chi connectivity index (χ3v) is 2.55. The zero-order valence-electron chi connectivity index (χ0n) is 6.94. The molecule has 12 heavy (non-hydrogen) atoms. The van der Waals surface area contributed by atoms with Crippen molar-refractivity contribution in [1.82, 2.24) is 5.23 Å². The standard InChI is InChI=1S/C5H10BNO4P/c1-10-5(8)4(12(2)9)7-6-3-11-6/h4,7H,3H2,1-2H3/q+1. The summed E-state index contributed by atoms with van der Waals surface area (Å²) in [7, 11) is -0.481. The number of hydrogen-bond donors (Lipinski definition) is 1. The van der Waals surface area contributed by atoms with Crippen molar-refractivity contribution in [3.8, 4) is 0 Å². The Hall–Kier alpha value is -0.445. The first-order valence-corrected chi connectivity index (χ1v) is 5.28. The van der Waals surface area contributed by atoms with Gasteiger partial charge in [0.25, 0.3) is 5.78 Å². The summed E-state index contributed by atoms with van der Waals surface area (Å²) >= 11 is 0. The minimum atomic E-state index is -1.62. The van der Waals surface area contributed by atoms with E-state index in [4.69, 9.17) is 4.65 Å². The van der Waals surface area contributed by atoms with Crippen LogP contribution in [0.3, 0.4) is 0 Å². The molecule has 1 saturated heterocycles. The van der Waals surface area contributed by atoms with Gasteiger partial charge in [0, 0.05) is 0 Å². The fraction of sp³-hybridized carbons (Fsp3) is 0.800. The largest absolute Gasteiger partial charge is 0.465 e. The van der Waals surface area contributed by atoms with Gasteiger partial charge in [-0.2, -0.15) is 0 Å². The van der Waals surface area contributed by atoms with Crippen LogP contribution in [0.1, 0.15) is 0 Å². The van der Waals surface area contributed by atoms with E-state index in [2.05, 4.69) is 9.96 Å². The summed E-state index contributed by atoms with van der Waals surface area (Å²) in [5.74, 6) is -1.24. The number of rotatable bonds is 4. The van der Waals surface area contributed by atoms with E-state index >= 15 is 0 Å². The van der Waals surface area contributed by atoms with Crippen LogP contribution in [-0.2, 0) is 18.8 Å². The number of esters is 1. The van der Waals surface area contributed by atoms with Crippen molar-refractivity contribution in [2.75, 3.05) is 20.3 Å². The van der Waals surface area contributed by atoms with Crippen molar-refractivity contribution >= 4 is 20.8 Å². The molecular weight excluding hydrogens is 180 g/mol. The maximum absolute atomic E-state index is 11.0. The Kier molecular flexibility index (Phi) is 3.20. The van der Waals surface area contributed by atoms with E-state index in [9.17, 15) is 9.36 Å². The molecule has 5 nitrogen and oxygen atoms in total. The fourth-order valence-corrected chi connectivity index (χ4v) is 1.53. The highest BCUT2D eigenvalue weighted by molar-refractivity contribution is 7.45. The smallest absolute Gasteiger partial charge is 0.408 e. The highest BCUT2D eigenvalue weighted by atomic mass is 31.1. The molecular formula is C5H10BNO4P+. The van der Waals surface area contributed by atoms with Gasteiger partial charge in [-0.25, -0.2) is 4.79 Å². The lowest BCUT2D eigenvalue weighted by Crippen LogP contribution is -2.38. The first-order chi connectivity index (χ1) is 5.65. The molecule has 0 spiro atoms. The monoisotopic (exact) mass is 190 g/mol. The second-order valence-electron chi connectivity index (χ2n) is 2.46. The lowest BCUT2D eigenvalue weighted by Gasteiger charge is -2.02. The molecule has 66 valence electrons. The number of carbonyl (C=O) groups is 1. The molecule has 1 heterocycles. The maximum Gasteiger partial charge on any atom is 0.408 e. The van der Waals surface area contributed by atoms with Crippen molar-refractivity contribution in [3.63, 3.8) is 0 Å². The van der Waals surface area contributed by atoms with E-state index in [-0.39, 0.29) is 7.05 Å². The highest BCUT2D eigenvalue weighted by Gasteiger charge is 2.43. The van der Waals surface area contributed by atoms with Gasteiger partial charge in [0.05, 0.1) is 13.6 Å². The summed E-state index contributed by atoms with van der Waals surface area (Å²) in [6.07, 6.45) is 0. The Morgan fingerprint density at radius 3 is 2.75 bits per heavy atom. The molecule has 7 heteroatoms. The molecule has 1 aliphatic heterocycles. The third kappa shape index (κ3) is 2.55. The summed E-state index contributed by atoms with van der Waals surface area (Å²) in [6.45, 7) is 2.04. The molecule has 1 fully saturated rings. The number of ether oxygens (including phenoxy) is 1. The van der Waals surface area contributed by atoms with E-state index in [1.165, 1.54) is 13.8 Å². The van der Waals surface area contributed by atoms with Gasteiger partial charge in [-0.1, -0.05) is 4.57 Å². The van der Waals surface area contributed by atoms with Crippen LogP contribution in [0.25, 0.3) is 0 Å². The maximum atomic E-state index is 11.0. The molecule has 0 bridgehead atoms. The molecule has 0 radical (unpaired) electrons. The van der Waals surface area contributed by atoms with Crippen molar-refractivity contribution in [1.29, 1.82) is 0 Å². The third-order valence-electron chi connectivity index (χ3n) is 1.47. The fourth-order valence-electron chi connectivity index (χ4n) is 0.753. The minimum absolute atomic E-state index is 0.131. The van der Waals surface area contributed by atoms with E-state index < -0.39 is 19.6 Å². The molecule has 0 aliphatic carbocycles. The van der Waals surface area contributed by atoms with Gasteiger partial charge >= 0.3 is 20.8 Å². The van der Waals surface area contributed by atoms with E-state index in [0.717, 1.165) is 0 Å². The van der Waals surface area contributed by atoms with Gasteiger partial charge in [0.2, 0.25) is 0 Å². The first kappa shape index (κ1) is 9.64. The Morgan fingerprint density at radius 2 is 2.42 bits per heavy atom. The average Bonchev–Trinajstić information content (AvgIpc) is 2.81. The zero-order valence-corrected chi connectivity index (χ0v) is 7.84. The topological polar surface area (TPSA) is 67.9 Å². The molecule has 0 aromatic carbocycles. The van der Waals surface area contributed by atoms with Crippen molar-refractivity contribution in [3.05, 3.63) is 0 Å². The summed E-state index contributed by atoms with van der Waals surface area (Å²) in [5.41, 5.74) is 0. The quantitative estimate of drug-likeness (QED) is 0.282. The van der Waals surface area contributed by atoms with Crippen LogP contribution in [-0.4, -0.2) is 39.1 Å². The zero-order chi connectivity index (χ0) is 9.14. The molecule has 0 saturated carbocycles. The second kappa shape index (κ2) is 3.98. The van der Waals surface area contributed by atoms with Gasteiger partial charge in [-0.3, -0.25) is 5.23 Å². The Bertz CT molecular complexity index is 208. The summed E-state index contributed by atoms with van der Waals surface area (Å²) in [6, 6.07) is 0. The van der Waals surface area contributed by atoms with Crippen molar-refractivity contribution in [2.24, 2.45) is 0 Å². The average molecular weight is 190 g/mol. The lowest BCUT2D eigenvalue weighted by atomic mass is 9.97. The van der Waals surface area contributed by atoms with E-state index in [1.54, 1.807) is 0 Å². The molecule has 0 amide bonds. The van der Waals surface area contributed by atoms with Crippen molar-refractivity contribution < 1.29 is 18.8 Å². The molecule has 1 N–H and O–H groups in total. The van der Waals surface area contributed by atoms with Crippen molar-refractivity contribution in [2.45, 2.75) is 5.78 Å². The molecule has 2 unspecified atom stereocenters. The predicted molar refractivity (Wildman–Crippen MR) is 44.2 cm³/mol. The minimum Gasteiger partial charge on any atom is -0.465 e. The SMILES string of the molecule is COC(=O)C(NB1CO1)[P+](C)=O. The second-order valence-corrected chi connectivity index (χ2v) is 4.07. The number of hydrogen-bond acceptors (Lipinski definition) is 5. The molecule has 1 aliphatic rings. The number of nitrogens with one attached hydrogen (secondary N) is 1. The van der Waals surface area contributed by atoms with Crippen LogP contribution in [0, 0.1) is 0 Å². The van der Waals surface area contributed by atoms with Crippen LogP contribution in [0.4, 0.5) is 0 Å². The summed E-state index contributed by atoms with van der Waals surface area (Å²) in [4.78, 5) is 11.0. The van der Waals surface area contributed by atoms with Crippen LogP contribution in [0.2, 0.25) is 0 Å². The lowest BCUT2D eigenvalue weighted by molar-refractivity contribution is -0.140. The van der Waals surface area contributed by atoms with Gasteiger partial charge in [0.15, 0.2) is 0 Å². The Labute approximate surface area is 71.7 Å². The van der Waals surface area contributed by atoms with E-state index in [0.29, 0.717) is 6.51 Å².